The largest absolute Gasteiger partial charge is 0.478 e. The van der Waals surface area contributed by atoms with Gasteiger partial charge in [-0.1, -0.05) is 53.1 Å². The van der Waals surface area contributed by atoms with Crippen LogP contribution in [0.2, 0.25) is 0 Å². The number of carboxylic acids is 1. The van der Waals surface area contributed by atoms with Crippen molar-refractivity contribution in [2.24, 2.45) is 0 Å². The van der Waals surface area contributed by atoms with Crippen molar-refractivity contribution in [2.75, 3.05) is 0 Å². The van der Waals surface area contributed by atoms with E-state index in [1.807, 2.05) is 12.3 Å². The number of esters is 2. The van der Waals surface area contributed by atoms with E-state index in [1.165, 1.54) is 36.4 Å². The summed E-state index contributed by atoms with van der Waals surface area (Å²) in [5.41, 5.74) is 7.07. The summed E-state index contributed by atoms with van der Waals surface area (Å²) in [4.78, 5) is 62.9. The second kappa shape index (κ2) is 12.3. The first-order valence-corrected chi connectivity index (χ1v) is 11.5. The maximum absolute atomic E-state index is 13.0. The summed E-state index contributed by atoms with van der Waals surface area (Å²) in [5, 5.41) is 9.80. The molecule has 2 amide bonds. The van der Waals surface area contributed by atoms with Crippen LogP contribution in [0.15, 0.2) is 72.8 Å². The van der Waals surface area contributed by atoms with Gasteiger partial charge in [-0.2, -0.15) is 0 Å². The maximum Gasteiger partial charge on any atom is 0.349 e. The molecule has 0 heterocycles. The van der Waals surface area contributed by atoms with E-state index >= 15 is 0 Å². The van der Waals surface area contributed by atoms with Crippen LogP contribution >= 0.6 is 0 Å². The maximum atomic E-state index is 13.0. The Hall–Kier alpha value is -4.99. The summed E-state index contributed by atoms with van der Waals surface area (Å²) in [6.45, 7) is 5.43. The van der Waals surface area contributed by atoms with Crippen molar-refractivity contribution in [1.29, 1.82) is 0 Å². The molecule has 0 radical (unpaired) electrons. The monoisotopic (exact) mass is 518 g/mol. The van der Waals surface area contributed by atoms with E-state index in [-0.39, 0.29) is 16.7 Å². The molecule has 3 aromatic rings. The van der Waals surface area contributed by atoms with Crippen molar-refractivity contribution < 1.29 is 38.6 Å². The molecule has 10 nitrogen and oxygen atoms in total. The molecule has 10 heteroatoms. The molecule has 0 aliphatic carbocycles. The van der Waals surface area contributed by atoms with Gasteiger partial charge in [-0.25, -0.2) is 14.4 Å². The summed E-state index contributed by atoms with van der Waals surface area (Å²) >= 11 is 0. The number of carbonyl (C=O) groups is 5. The normalized spacial score (nSPS) is 12.0. The quantitative estimate of drug-likeness (QED) is 0.305. The minimum Gasteiger partial charge on any atom is -0.478 e. The van der Waals surface area contributed by atoms with E-state index < -0.39 is 41.9 Å². The van der Waals surface area contributed by atoms with Gasteiger partial charge in [0, 0.05) is 5.56 Å². The van der Waals surface area contributed by atoms with Gasteiger partial charge in [-0.3, -0.25) is 20.4 Å². The molecule has 0 fully saturated rings. The van der Waals surface area contributed by atoms with Crippen LogP contribution in [0, 0.1) is 20.8 Å². The molecule has 0 spiro atoms. The molecule has 3 N–H and O–H groups in total. The lowest BCUT2D eigenvalue weighted by Gasteiger charge is -2.23. The second-order valence-electron chi connectivity index (χ2n) is 8.53. The van der Waals surface area contributed by atoms with Gasteiger partial charge in [0.05, 0.1) is 11.1 Å². The Kier molecular flexibility index (Phi) is 8.94. The number of amides is 2. The lowest BCUT2D eigenvalue weighted by atomic mass is 10.1. The van der Waals surface area contributed by atoms with Gasteiger partial charge in [0.2, 0.25) is 12.2 Å². The number of ether oxygens (including phenoxy) is 2. The molecule has 38 heavy (non-hydrogen) atoms. The highest BCUT2D eigenvalue weighted by molar-refractivity contribution is 5.99. The lowest BCUT2D eigenvalue weighted by Crippen LogP contribution is -2.54. The first-order chi connectivity index (χ1) is 18.0. The van der Waals surface area contributed by atoms with Crippen LogP contribution in [0.5, 0.6) is 0 Å². The highest BCUT2D eigenvalue weighted by atomic mass is 16.6. The number of hydrogen-bond donors (Lipinski definition) is 3. The van der Waals surface area contributed by atoms with Gasteiger partial charge in [-0.15, -0.1) is 0 Å². The molecular formula is C28H26N2O8. The Morgan fingerprint density at radius 2 is 0.947 bits per heavy atom. The summed E-state index contributed by atoms with van der Waals surface area (Å²) in [6.07, 6.45) is -4.37. The van der Waals surface area contributed by atoms with E-state index in [2.05, 4.69) is 5.43 Å². The van der Waals surface area contributed by atoms with Gasteiger partial charge in [-0.05, 0) is 57.2 Å². The fourth-order valence-electron chi connectivity index (χ4n) is 3.21. The van der Waals surface area contributed by atoms with Crippen LogP contribution in [-0.4, -0.2) is 47.0 Å². The topological polar surface area (TPSA) is 148 Å². The Morgan fingerprint density at radius 1 is 0.579 bits per heavy atom. The van der Waals surface area contributed by atoms with Crippen LogP contribution in [0.25, 0.3) is 0 Å². The Bertz CT molecular complexity index is 1330. The molecular weight excluding hydrogens is 492 g/mol. The van der Waals surface area contributed by atoms with Crippen LogP contribution < -0.4 is 10.9 Å². The smallest absolute Gasteiger partial charge is 0.349 e. The average molecular weight is 519 g/mol. The van der Waals surface area contributed by atoms with Gasteiger partial charge in [0.1, 0.15) is 0 Å². The zero-order valence-electron chi connectivity index (χ0n) is 20.9. The number of carbonyl (C=O) groups excluding carboxylic acids is 4. The minimum absolute atomic E-state index is 0.0264. The summed E-state index contributed by atoms with van der Waals surface area (Å²) in [6, 6.07) is 18.6. The molecule has 3 rings (SSSR count). The van der Waals surface area contributed by atoms with E-state index in [0.29, 0.717) is 0 Å². The van der Waals surface area contributed by atoms with Crippen molar-refractivity contribution in [1.82, 2.24) is 10.9 Å². The van der Waals surface area contributed by atoms with E-state index in [4.69, 9.17) is 9.47 Å². The molecule has 0 saturated carbocycles. The molecule has 0 bridgehead atoms. The lowest BCUT2D eigenvalue weighted by molar-refractivity contribution is -0.159. The average Bonchev–Trinajstić information content (AvgIpc) is 2.89. The number of carboxylic acid groups (broad SMARTS) is 1. The third kappa shape index (κ3) is 7.26. The Labute approximate surface area is 218 Å². The number of aryl methyl sites for hydroxylation is 3. The predicted octanol–water partition coefficient (Wildman–Crippen LogP) is 2.91. The van der Waals surface area contributed by atoms with Crippen LogP contribution in [-0.2, 0) is 19.1 Å². The highest BCUT2D eigenvalue weighted by Crippen LogP contribution is 2.14. The fraction of sp³-hybridized carbons (Fsp3) is 0.179. The number of rotatable bonds is 8. The van der Waals surface area contributed by atoms with Crippen molar-refractivity contribution >= 4 is 29.7 Å². The number of hydrogen-bond acceptors (Lipinski definition) is 7. The molecule has 0 unspecified atom stereocenters. The zero-order chi connectivity index (χ0) is 27.8. The van der Waals surface area contributed by atoms with Crippen LogP contribution in [0.4, 0.5) is 0 Å². The highest BCUT2D eigenvalue weighted by Gasteiger charge is 2.41. The molecule has 2 atom stereocenters. The number of nitrogens with one attached hydrogen (secondary N) is 2. The van der Waals surface area contributed by atoms with E-state index in [1.54, 1.807) is 50.2 Å². The SMILES string of the molecule is Cc1ccc(C(=O)NNC(=O)[C@H](OC(=O)c2ccc(C)cc2)[C@@H](OC(=O)c2ccc(C)cc2)C(=O)O)cc1. The molecule has 0 aliphatic rings. The first kappa shape index (κ1) is 27.6. The minimum atomic E-state index is -2.23. The number of aliphatic carboxylic acids is 1. The van der Waals surface area contributed by atoms with Crippen molar-refractivity contribution in [3.05, 3.63) is 106 Å². The third-order valence-electron chi connectivity index (χ3n) is 5.43. The fourth-order valence-corrected chi connectivity index (χ4v) is 3.21. The molecule has 3 aromatic carbocycles. The summed E-state index contributed by atoms with van der Waals surface area (Å²) < 4.78 is 10.3. The van der Waals surface area contributed by atoms with E-state index in [0.717, 1.165) is 16.7 Å². The van der Waals surface area contributed by atoms with Crippen LogP contribution in [0.3, 0.4) is 0 Å². The predicted molar refractivity (Wildman–Crippen MR) is 135 cm³/mol. The molecule has 0 aliphatic heterocycles. The van der Waals surface area contributed by atoms with E-state index in [9.17, 15) is 29.1 Å². The number of benzene rings is 3. The van der Waals surface area contributed by atoms with Crippen molar-refractivity contribution in [2.45, 2.75) is 33.0 Å². The Balaban J connectivity index is 1.84. The van der Waals surface area contributed by atoms with Gasteiger partial charge < -0.3 is 14.6 Å². The van der Waals surface area contributed by atoms with Crippen LogP contribution in [0.1, 0.15) is 47.8 Å². The van der Waals surface area contributed by atoms with Gasteiger partial charge in [0.15, 0.2) is 0 Å². The van der Waals surface area contributed by atoms with Gasteiger partial charge in [0.25, 0.3) is 11.8 Å². The van der Waals surface area contributed by atoms with Crippen molar-refractivity contribution in [3.63, 3.8) is 0 Å². The third-order valence-corrected chi connectivity index (χ3v) is 5.43. The van der Waals surface area contributed by atoms with Crippen molar-refractivity contribution in [3.8, 4) is 0 Å². The first-order valence-electron chi connectivity index (χ1n) is 11.5. The molecule has 0 aromatic heterocycles. The summed E-state index contributed by atoms with van der Waals surface area (Å²) in [5.74, 6) is -5.76. The second-order valence-corrected chi connectivity index (χ2v) is 8.53. The molecule has 0 saturated heterocycles. The Morgan fingerprint density at radius 3 is 1.34 bits per heavy atom. The zero-order valence-corrected chi connectivity index (χ0v) is 20.9. The number of hydrazine groups is 1. The summed E-state index contributed by atoms with van der Waals surface area (Å²) in [7, 11) is 0. The standard InChI is InChI=1S/C28H26N2O8/c1-16-4-10-19(11-5-16)24(31)29-30-25(32)22(37-27(35)20-12-6-17(2)7-13-20)23(26(33)34)38-28(36)21-14-8-18(3)9-15-21/h4-15,22-23H,1-3H3,(H,29,31)(H,30,32)(H,33,34)/t22-,23-/m1/s1. The van der Waals surface area contributed by atoms with Gasteiger partial charge >= 0.3 is 17.9 Å². The molecule has 196 valence electrons.